The molecule has 3 heteroatoms. The molecule has 0 radical (unpaired) electrons. The largest absolute Gasteiger partial charge is 0.339 e. The molecule has 1 saturated carbocycles. The summed E-state index contributed by atoms with van der Waals surface area (Å²) in [4.78, 5) is 14.5. The zero-order valence-corrected chi connectivity index (χ0v) is 10.3. The molecule has 2 fully saturated rings. The second-order valence-electron chi connectivity index (χ2n) is 5.27. The van der Waals surface area contributed by atoms with E-state index < -0.39 is 0 Å². The molecule has 0 spiro atoms. The number of likely N-dealkylation sites (tertiary alicyclic amines) is 1. The zero-order valence-electron chi connectivity index (χ0n) is 10.3. The summed E-state index contributed by atoms with van der Waals surface area (Å²) >= 11 is 0. The molecule has 0 aromatic carbocycles. The molecular weight excluding hydrogens is 200 g/mol. The van der Waals surface area contributed by atoms with Crippen LogP contribution in [0.5, 0.6) is 0 Å². The molecule has 0 bridgehead atoms. The minimum Gasteiger partial charge on any atom is -0.339 e. The van der Waals surface area contributed by atoms with Crippen LogP contribution < -0.4 is 5.73 Å². The van der Waals surface area contributed by atoms with Crippen molar-refractivity contribution in [2.75, 3.05) is 13.1 Å². The summed E-state index contributed by atoms with van der Waals surface area (Å²) in [6.45, 7) is 3.54. The summed E-state index contributed by atoms with van der Waals surface area (Å²) in [6.07, 6.45) is 7.30. The maximum absolute atomic E-state index is 12.3. The third kappa shape index (κ3) is 2.10. The molecule has 0 aromatic rings. The van der Waals surface area contributed by atoms with Crippen LogP contribution in [0.15, 0.2) is 0 Å². The lowest BCUT2D eigenvalue weighted by Gasteiger charge is -2.33. The second-order valence-corrected chi connectivity index (χ2v) is 5.27. The SMILES string of the molecule is CCC(CN)C(=O)N1CCC2CCCCC21. The summed E-state index contributed by atoms with van der Waals surface area (Å²) in [5.74, 6) is 1.16. The van der Waals surface area contributed by atoms with E-state index in [9.17, 15) is 4.79 Å². The Kier molecular flexibility index (Phi) is 3.85. The molecule has 2 rings (SSSR count). The summed E-state index contributed by atoms with van der Waals surface area (Å²) < 4.78 is 0. The molecule has 3 unspecified atom stereocenters. The number of fused-ring (bicyclic) bond motifs is 1. The van der Waals surface area contributed by atoms with E-state index in [1.807, 2.05) is 0 Å². The van der Waals surface area contributed by atoms with E-state index in [-0.39, 0.29) is 5.92 Å². The molecule has 16 heavy (non-hydrogen) atoms. The Morgan fingerprint density at radius 2 is 2.12 bits per heavy atom. The maximum Gasteiger partial charge on any atom is 0.227 e. The molecule has 1 aliphatic heterocycles. The fourth-order valence-corrected chi connectivity index (χ4v) is 3.36. The predicted octanol–water partition coefficient (Wildman–Crippen LogP) is 1.76. The van der Waals surface area contributed by atoms with Gasteiger partial charge in [-0.2, -0.15) is 0 Å². The third-order valence-electron chi connectivity index (χ3n) is 4.42. The normalized spacial score (nSPS) is 31.2. The van der Waals surface area contributed by atoms with Crippen molar-refractivity contribution in [2.45, 2.75) is 51.5 Å². The number of nitrogens with zero attached hydrogens (tertiary/aromatic N) is 1. The fraction of sp³-hybridized carbons (Fsp3) is 0.923. The molecule has 2 aliphatic rings. The molecule has 92 valence electrons. The van der Waals surface area contributed by atoms with Gasteiger partial charge in [-0.05, 0) is 31.6 Å². The van der Waals surface area contributed by atoms with Crippen molar-refractivity contribution in [3.8, 4) is 0 Å². The number of nitrogens with two attached hydrogens (primary N) is 1. The minimum atomic E-state index is 0.0562. The molecule has 1 aliphatic carbocycles. The second kappa shape index (κ2) is 5.17. The lowest BCUT2D eigenvalue weighted by molar-refractivity contribution is -0.136. The van der Waals surface area contributed by atoms with E-state index in [2.05, 4.69) is 11.8 Å². The number of rotatable bonds is 3. The topological polar surface area (TPSA) is 46.3 Å². The van der Waals surface area contributed by atoms with Gasteiger partial charge in [-0.15, -0.1) is 0 Å². The van der Waals surface area contributed by atoms with Crippen LogP contribution in [-0.4, -0.2) is 29.9 Å². The molecule has 1 saturated heterocycles. The summed E-state index contributed by atoms with van der Waals surface area (Å²) in [6, 6.07) is 0.543. The van der Waals surface area contributed by atoms with Crippen LogP contribution in [0, 0.1) is 11.8 Å². The highest BCUT2D eigenvalue weighted by Gasteiger charge is 2.39. The van der Waals surface area contributed by atoms with E-state index in [0.717, 1.165) is 18.9 Å². The van der Waals surface area contributed by atoms with Crippen molar-refractivity contribution in [2.24, 2.45) is 17.6 Å². The molecule has 0 aromatic heterocycles. The van der Waals surface area contributed by atoms with Gasteiger partial charge in [0, 0.05) is 19.1 Å². The van der Waals surface area contributed by atoms with Crippen LogP contribution in [0.1, 0.15) is 45.4 Å². The standard InChI is InChI=1S/C13H24N2O/c1-2-10(9-14)13(16)15-8-7-11-5-3-4-6-12(11)15/h10-12H,2-9,14H2,1H3. The smallest absolute Gasteiger partial charge is 0.227 e. The lowest BCUT2D eigenvalue weighted by atomic mass is 9.85. The van der Waals surface area contributed by atoms with Crippen molar-refractivity contribution < 1.29 is 4.79 Å². The van der Waals surface area contributed by atoms with Gasteiger partial charge >= 0.3 is 0 Å². The highest BCUT2D eigenvalue weighted by molar-refractivity contribution is 5.79. The maximum atomic E-state index is 12.3. The highest BCUT2D eigenvalue weighted by atomic mass is 16.2. The summed E-state index contributed by atoms with van der Waals surface area (Å²) in [5, 5.41) is 0. The van der Waals surface area contributed by atoms with Gasteiger partial charge in [0.2, 0.25) is 5.91 Å². The summed E-state index contributed by atoms with van der Waals surface area (Å²) in [5.41, 5.74) is 5.67. The number of carbonyl (C=O) groups excluding carboxylic acids is 1. The third-order valence-corrected chi connectivity index (χ3v) is 4.42. The Hall–Kier alpha value is -0.570. The van der Waals surface area contributed by atoms with Crippen molar-refractivity contribution in [3.63, 3.8) is 0 Å². The monoisotopic (exact) mass is 224 g/mol. The van der Waals surface area contributed by atoms with Gasteiger partial charge in [-0.25, -0.2) is 0 Å². The molecule has 3 nitrogen and oxygen atoms in total. The molecular formula is C13H24N2O. The first-order chi connectivity index (χ1) is 7.77. The van der Waals surface area contributed by atoms with Gasteiger partial charge in [0.25, 0.3) is 0 Å². The van der Waals surface area contributed by atoms with Gasteiger partial charge in [-0.3, -0.25) is 4.79 Å². The van der Waals surface area contributed by atoms with E-state index in [4.69, 9.17) is 5.73 Å². The average molecular weight is 224 g/mol. The van der Waals surface area contributed by atoms with Gasteiger partial charge in [-0.1, -0.05) is 19.8 Å². The minimum absolute atomic E-state index is 0.0562. The van der Waals surface area contributed by atoms with Crippen molar-refractivity contribution in [1.29, 1.82) is 0 Å². The van der Waals surface area contributed by atoms with Crippen LogP contribution in [0.2, 0.25) is 0 Å². The number of amides is 1. The molecule has 1 amide bonds. The van der Waals surface area contributed by atoms with E-state index in [0.29, 0.717) is 18.5 Å². The van der Waals surface area contributed by atoms with Crippen LogP contribution in [-0.2, 0) is 4.79 Å². The van der Waals surface area contributed by atoms with Crippen LogP contribution >= 0.6 is 0 Å². The predicted molar refractivity (Wildman–Crippen MR) is 64.9 cm³/mol. The Morgan fingerprint density at radius 3 is 2.81 bits per heavy atom. The van der Waals surface area contributed by atoms with Crippen LogP contribution in [0.4, 0.5) is 0 Å². The lowest BCUT2D eigenvalue weighted by Crippen LogP contribution is -2.44. The van der Waals surface area contributed by atoms with Gasteiger partial charge < -0.3 is 10.6 Å². The first kappa shape index (κ1) is 11.9. The Morgan fingerprint density at radius 1 is 1.38 bits per heavy atom. The first-order valence-electron chi connectivity index (χ1n) is 6.78. The van der Waals surface area contributed by atoms with Crippen LogP contribution in [0.3, 0.4) is 0 Å². The van der Waals surface area contributed by atoms with Crippen molar-refractivity contribution in [1.82, 2.24) is 4.90 Å². The number of carbonyl (C=O) groups is 1. The molecule has 3 atom stereocenters. The fourth-order valence-electron chi connectivity index (χ4n) is 3.36. The average Bonchev–Trinajstić information content (AvgIpc) is 2.74. The zero-order chi connectivity index (χ0) is 11.5. The van der Waals surface area contributed by atoms with Gasteiger partial charge in [0.15, 0.2) is 0 Å². The number of hydrogen-bond donors (Lipinski definition) is 1. The van der Waals surface area contributed by atoms with E-state index in [1.165, 1.54) is 32.1 Å². The van der Waals surface area contributed by atoms with Crippen LogP contribution in [0.25, 0.3) is 0 Å². The number of hydrogen-bond acceptors (Lipinski definition) is 2. The Labute approximate surface area is 98.4 Å². The van der Waals surface area contributed by atoms with Gasteiger partial charge in [0.1, 0.15) is 0 Å². The first-order valence-corrected chi connectivity index (χ1v) is 6.78. The van der Waals surface area contributed by atoms with Crippen molar-refractivity contribution >= 4 is 5.91 Å². The molecule has 2 N–H and O–H groups in total. The summed E-state index contributed by atoms with van der Waals surface area (Å²) in [7, 11) is 0. The van der Waals surface area contributed by atoms with Gasteiger partial charge in [0.05, 0.1) is 5.92 Å². The van der Waals surface area contributed by atoms with E-state index in [1.54, 1.807) is 0 Å². The van der Waals surface area contributed by atoms with E-state index >= 15 is 0 Å². The highest BCUT2D eigenvalue weighted by Crippen LogP contribution is 2.36. The Bertz CT molecular complexity index is 250. The molecule has 1 heterocycles. The quantitative estimate of drug-likeness (QED) is 0.794. The Balaban J connectivity index is 2.01. The van der Waals surface area contributed by atoms with Crippen molar-refractivity contribution in [3.05, 3.63) is 0 Å².